The molecule has 0 aliphatic rings. The molecule has 0 atom stereocenters. The molecule has 0 saturated heterocycles. The molecule has 0 spiro atoms. The average molecular weight is 230 g/mol. The number of nitrogens with one attached hydrogen (secondary N) is 1. The van der Waals surface area contributed by atoms with Crippen LogP contribution in [0.25, 0.3) is 0 Å². The zero-order valence-corrected chi connectivity index (χ0v) is 9.92. The van der Waals surface area contributed by atoms with Crippen molar-refractivity contribution < 1.29 is 4.39 Å². The Morgan fingerprint density at radius 2 is 1.76 bits per heavy atom. The van der Waals surface area contributed by atoms with Crippen molar-refractivity contribution in [2.45, 2.75) is 13.8 Å². The molecule has 2 nitrogen and oxygen atoms in total. The molecule has 2 aromatic carbocycles. The number of aryl methyl sites for hydroxylation is 2. The lowest BCUT2D eigenvalue weighted by atomic mass is 10.1. The minimum absolute atomic E-state index is 0.243. The van der Waals surface area contributed by atoms with E-state index in [0.717, 1.165) is 28.2 Å². The molecule has 3 heteroatoms. The third-order valence-corrected chi connectivity index (χ3v) is 2.61. The summed E-state index contributed by atoms with van der Waals surface area (Å²) in [5.41, 5.74) is 10.0. The summed E-state index contributed by atoms with van der Waals surface area (Å²) in [5, 5.41) is 3.13. The molecule has 0 aliphatic heterocycles. The van der Waals surface area contributed by atoms with Gasteiger partial charge in [0.05, 0.1) is 0 Å². The minimum atomic E-state index is -0.243. The fourth-order valence-electron chi connectivity index (χ4n) is 1.69. The maximum atomic E-state index is 13.2. The van der Waals surface area contributed by atoms with Gasteiger partial charge in [-0.1, -0.05) is 6.07 Å². The van der Waals surface area contributed by atoms with Crippen molar-refractivity contribution in [2.24, 2.45) is 0 Å². The number of hydrogen-bond acceptors (Lipinski definition) is 2. The summed E-state index contributed by atoms with van der Waals surface area (Å²) in [4.78, 5) is 0. The van der Waals surface area contributed by atoms with Crippen LogP contribution in [-0.4, -0.2) is 0 Å². The van der Waals surface area contributed by atoms with Crippen LogP contribution in [0.5, 0.6) is 0 Å². The van der Waals surface area contributed by atoms with E-state index in [-0.39, 0.29) is 5.82 Å². The van der Waals surface area contributed by atoms with Crippen LogP contribution in [0.3, 0.4) is 0 Å². The summed E-state index contributed by atoms with van der Waals surface area (Å²) < 4.78 is 13.2. The van der Waals surface area contributed by atoms with Crippen molar-refractivity contribution >= 4 is 17.1 Å². The first-order valence-electron chi connectivity index (χ1n) is 5.45. The lowest BCUT2D eigenvalue weighted by Gasteiger charge is -2.09. The molecule has 0 saturated carbocycles. The first kappa shape index (κ1) is 11.5. The van der Waals surface area contributed by atoms with Gasteiger partial charge in [0.2, 0.25) is 0 Å². The molecule has 0 radical (unpaired) electrons. The molecular weight excluding hydrogens is 215 g/mol. The Morgan fingerprint density at radius 1 is 1.00 bits per heavy atom. The number of nitrogen functional groups attached to an aromatic ring is 1. The first-order valence-corrected chi connectivity index (χ1v) is 5.45. The summed E-state index contributed by atoms with van der Waals surface area (Å²) in [6, 6.07) is 10.5. The lowest BCUT2D eigenvalue weighted by Crippen LogP contribution is -1.95. The van der Waals surface area contributed by atoms with E-state index in [1.807, 2.05) is 38.1 Å². The second kappa shape index (κ2) is 4.45. The lowest BCUT2D eigenvalue weighted by molar-refractivity contribution is 0.627. The van der Waals surface area contributed by atoms with Crippen molar-refractivity contribution in [3.05, 3.63) is 53.3 Å². The van der Waals surface area contributed by atoms with E-state index in [9.17, 15) is 4.39 Å². The Kier molecular flexibility index (Phi) is 3.00. The molecular formula is C14H15FN2. The molecule has 2 rings (SSSR count). The number of hydrogen-bond donors (Lipinski definition) is 2. The topological polar surface area (TPSA) is 38.0 Å². The van der Waals surface area contributed by atoms with Gasteiger partial charge in [-0.2, -0.15) is 0 Å². The number of nitrogens with two attached hydrogens (primary N) is 1. The van der Waals surface area contributed by atoms with Crippen LogP contribution in [0.2, 0.25) is 0 Å². The normalized spacial score (nSPS) is 10.3. The van der Waals surface area contributed by atoms with E-state index in [1.165, 1.54) is 12.1 Å². The Hall–Kier alpha value is -2.03. The van der Waals surface area contributed by atoms with Gasteiger partial charge in [0, 0.05) is 17.1 Å². The summed E-state index contributed by atoms with van der Waals surface area (Å²) >= 11 is 0. The number of rotatable bonds is 2. The van der Waals surface area contributed by atoms with E-state index in [4.69, 9.17) is 5.73 Å². The van der Waals surface area contributed by atoms with Crippen LogP contribution in [0, 0.1) is 19.7 Å². The van der Waals surface area contributed by atoms with Crippen LogP contribution >= 0.6 is 0 Å². The van der Waals surface area contributed by atoms with Crippen molar-refractivity contribution in [1.82, 2.24) is 0 Å². The third-order valence-electron chi connectivity index (χ3n) is 2.61. The Morgan fingerprint density at radius 3 is 2.41 bits per heavy atom. The molecule has 0 fully saturated rings. The number of anilines is 3. The predicted octanol–water partition coefficient (Wildman–Crippen LogP) is 3.77. The Balaban J connectivity index is 2.28. The highest BCUT2D eigenvalue weighted by Gasteiger charge is 2.00. The fraction of sp³-hybridized carbons (Fsp3) is 0.143. The third kappa shape index (κ3) is 2.75. The van der Waals surface area contributed by atoms with Gasteiger partial charge in [0.1, 0.15) is 5.82 Å². The van der Waals surface area contributed by atoms with Gasteiger partial charge >= 0.3 is 0 Å². The van der Waals surface area contributed by atoms with Crippen LogP contribution in [0.1, 0.15) is 11.1 Å². The number of halogens is 1. The minimum Gasteiger partial charge on any atom is -0.398 e. The van der Waals surface area contributed by atoms with Crippen molar-refractivity contribution in [3.8, 4) is 0 Å². The summed E-state index contributed by atoms with van der Waals surface area (Å²) in [7, 11) is 0. The summed E-state index contributed by atoms with van der Waals surface area (Å²) in [6.07, 6.45) is 0. The van der Waals surface area contributed by atoms with Gasteiger partial charge in [-0.3, -0.25) is 0 Å². The molecule has 0 aliphatic carbocycles. The average Bonchev–Trinajstić information content (AvgIpc) is 2.22. The largest absolute Gasteiger partial charge is 0.398 e. The van der Waals surface area contributed by atoms with Crippen LogP contribution < -0.4 is 11.1 Å². The molecule has 0 aromatic heterocycles. The standard InChI is InChI=1S/C14H15FN2/c1-9-5-11(15)7-13(6-9)17-12-4-3-10(2)14(16)8-12/h3-8,17H,16H2,1-2H3. The predicted molar refractivity (Wildman–Crippen MR) is 70.0 cm³/mol. The molecule has 88 valence electrons. The van der Waals surface area contributed by atoms with Gasteiger partial charge in [0.25, 0.3) is 0 Å². The van der Waals surface area contributed by atoms with Crippen molar-refractivity contribution in [3.63, 3.8) is 0 Å². The number of benzene rings is 2. The molecule has 2 aromatic rings. The molecule has 0 heterocycles. The summed E-state index contributed by atoms with van der Waals surface area (Å²) in [6.45, 7) is 3.81. The zero-order chi connectivity index (χ0) is 12.4. The Bertz CT molecular complexity index is 530. The van der Waals surface area contributed by atoms with E-state index >= 15 is 0 Å². The van der Waals surface area contributed by atoms with Crippen molar-refractivity contribution in [1.29, 1.82) is 0 Å². The van der Waals surface area contributed by atoms with E-state index in [1.54, 1.807) is 0 Å². The van der Waals surface area contributed by atoms with E-state index in [2.05, 4.69) is 5.32 Å². The van der Waals surface area contributed by atoms with E-state index < -0.39 is 0 Å². The molecule has 0 amide bonds. The van der Waals surface area contributed by atoms with Crippen LogP contribution in [0.15, 0.2) is 36.4 Å². The summed E-state index contributed by atoms with van der Waals surface area (Å²) in [5.74, 6) is -0.243. The van der Waals surface area contributed by atoms with E-state index in [0.29, 0.717) is 0 Å². The molecule has 17 heavy (non-hydrogen) atoms. The van der Waals surface area contributed by atoms with Gasteiger partial charge in [-0.05, 0) is 55.3 Å². The maximum absolute atomic E-state index is 13.2. The van der Waals surface area contributed by atoms with Gasteiger partial charge in [0.15, 0.2) is 0 Å². The van der Waals surface area contributed by atoms with Gasteiger partial charge < -0.3 is 11.1 Å². The SMILES string of the molecule is Cc1cc(F)cc(Nc2ccc(C)c(N)c2)c1. The second-order valence-electron chi connectivity index (χ2n) is 4.21. The zero-order valence-electron chi connectivity index (χ0n) is 9.92. The highest BCUT2D eigenvalue weighted by Crippen LogP contribution is 2.22. The quantitative estimate of drug-likeness (QED) is 0.771. The Labute approximate surface area is 100 Å². The first-order chi connectivity index (χ1) is 8.04. The monoisotopic (exact) mass is 230 g/mol. The highest BCUT2D eigenvalue weighted by atomic mass is 19.1. The van der Waals surface area contributed by atoms with Gasteiger partial charge in [-0.25, -0.2) is 4.39 Å². The van der Waals surface area contributed by atoms with Crippen LogP contribution in [0.4, 0.5) is 21.5 Å². The van der Waals surface area contributed by atoms with Gasteiger partial charge in [-0.15, -0.1) is 0 Å². The second-order valence-corrected chi connectivity index (χ2v) is 4.21. The highest BCUT2D eigenvalue weighted by molar-refractivity contribution is 5.65. The molecule has 0 bridgehead atoms. The molecule has 0 unspecified atom stereocenters. The van der Waals surface area contributed by atoms with Crippen LogP contribution in [-0.2, 0) is 0 Å². The molecule has 3 N–H and O–H groups in total. The maximum Gasteiger partial charge on any atom is 0.125 e. The van der Waals surface area contributed by atoms with Crippen molar-refractivity contribution in [2.75, 3.05) is 11.1 Å². The smallest absolute Gasteiger partial charge is 0.125 e. The fourth-order valence-corrected chi connectivity index (χ4v) is 1.69.